The van der Waals surface area contributed by atoms with Crippen LogP contribution in [0.5, 0.6) is 5.75 Å². The van der Waals surface area contributed by atoms with Crippen LogP contribution in [0.2, 0.25) is 0 Å². The van der Waals surface area contributed by atoms with Gasteiger partial charge in [-0.3, -0.25) is 0 Å². The van der Waals surface area contributed by atoms with Crippen molar-refractivity contribution >= 4 is 5.69 Å². The molecule has 1 aliphatic heterocycles. The minimum atomic E-state index is 0.746. The maximum absolute atomic E-state index is 5.61. The molecule has 0 aromatic heterocycles. The lowest BCUT2D eigenvalue weighted by Gasteiger charge is -2.20. The van der Waals surface area contributed by atoms with Gasteiger partial charge in [-0.25, -0.2) is 0 Å². The first-order valence-corrected chi connectivity index (χ1v) is 6.33. The van der Waals surface area contributed by atoms with E-state index < -0.39 is 0 Å². The third-order valence-electron chi connectivity index (χ3n) is 3.57. The van der Waals surface area contributed by atoms with Crippen molar-refractivity contribution in [3.05, 3.63) is 47.5 Å². The average Bonchev–Trinajstić information content (AvgIpc) is 2.41. The fraction of sp³-hybridized carbons (Fsp3) is 0.250. The summed E-state index contributed by atoms with van der Waals surface area (Å²) < 4.78 is 5.61. The van der Waals surface area contributed by atoms with Crippen molar-refractivity contribution in [2.24, 2.45) is 0 Å². The molecule has 0 unspecified atom stereocenters. The van der Waals surface area contributed by atoms with Gasteiger partial charge in [0.1, 0.15) is 12.4 Å². The maximum Gasteiger partial charge on any atom is 0.142 e. The van der Waals surface area contributed by atoms with E-state index >= 15 is 0 Å². The Morgan fingerprint density at radius 2 is 2.00 bits per heavy atom. The zero-order valence-electron chi connectivity index (χ0n) is 10.8. The van der Waals surface area contributed by atoms with Gasteiger partial charge in [-0.1, -0.05) is 24.3 Å². The number of hydrogen-bond donors (Lipinski definition) is 1. The van der Waals surface area contributed by atoms with E-state index in [1.165, 1.54) is 22.3 Å². The molecule has 0 saturated heterocycles. The van der Waals surface area contributed by atoms with Crippen LogP contribution in [0.25, 0.3) is 11.1 Å². The Bertz CT molecular complexity index is 590. The van der Waals surface area contributed by atoms with Crippen molar-refractivity contribution in [1.29, 1.82) is 0 Å². The SMILES string of the molecule is Cc1cccc(-c2ccc3c(c2)NCCO3)c1C. The molecule has 0 spiro atoms. The van der Waals surface area contributed by atoms with Crippen LogP contribution in [0.15, 0.2) is 36.4 Å². The van der Waals surface area contributed by atoms with Gasteiger partial charge in [0.15, 0.2) is 0 Å². The topological polar surface area (TPSA) is 21.3 Å². The molecule has 0 saturated carbocycles. The summed E-state index contributed by atoms with van der Waals surface area (Å²) in [6.07, 6.45) is 0. The highest BCUT2D eigenvalue weighted by molar-refractivity contribution is 5.75. The lowest BCUT2D eigenvalue weighted by Crippen LogP contribution is -2.17. The third kappa shape index (κ3) is 1.84. The van der Waals surface area contributed by atoms with Gasteiger partial charge in [0, 0.05) is 6.54 Å². The number of benzene rings is 2. The Balaban J connectivity index is 2.09. The monoisotopic (exact) mass is 239 g/mol. The lowest BCUT2D eigenvalue weighted by molar-refractivity contribution is 0.323. The van der Waals surface area contributed by atoms with E-state index in [0.717, 1.165) is 24.6 Å². The van der Waals surface area contributed by atoms with E-state index in [2.05, 4.69) is 55.6 Å². The summed E-state index contributed by atoms with van der Waals surface area (Å²) in [5, 5.41) is 3.38. The van der Waals surface area contributed by atoms with E-state index in [9.17, 15) is 0 Å². The minimum absolute atomic E-state index is 0.746. The van der Waals surface area contributed by atoms with Gasteiger partial charge in [0.05, 0.1) is 5.69 Å². The molecule has 2 aromatic carbocycles. The quantitative estimate of drug-likeness (QED) is 0.817. The molecule has 2 heteroatoms. The zero-order chi connectivity index (χ0) is 12.5. The zero-order valence-corrected chi connectivity index (χ0v) is 10.8. The van der Waals surface area contributed by atoms with E-state index in [-0.39, 0.29) is 0 Å². The van der Waals surface area contributed by atoms with Gasteiger partial charge >= 0.3 is 0 Å². The summed E-state index contributed by atoms with van der Waals surface area (Å²) in [5.74, 6) is 0.954. The number of rotatable bonds is 1. The Kier molecular flexibility index (Phi) is 2.71. The molecule has 92 valence electrons. The molecule has 2 aromatic rings. The molecule has 1 aliphatic rings. The largest absolute Gasteiger partial charge is 0.490 e. The standard InChI is InChI=1S/C16H17NO/c1-11-4-3-5-14(12(11)2)13-6-7-16-15(10-13)17-8-9-18-16/h3-7,10,17H,8-9H2,1-2H3. The number of fused-ring (bicyclic) bond motifs is 1. The molecule has 0 fully saturated rings. The van der Waals surface area contributed by atoms with Crippen molar-refractivity contribution in [2.75, 3.05) is 18.5 Å². The summed E-state index contributed by atoms with van der Waals surface area (Å²) in [4.78, 5) is 0. The van der Waals surface area contributed by atoms with Crippen molar-refractivity contribution in [3.63, 3.8) is 0 Å². The molecule has 0 aliphatic carbocycles. The van der Waals surface area contributed by atoms with E-state index in [1.54, 1.807) is 0 Å². The van der Waals surface area contributed by atoms with Crippen LogP contribution in [0, 0.1) is 13.8 Å². The molecule has 0 atom stereocenters. The number of nitrogens with one attached hydrogen (secondary N) is 1. The van der Waals surface area contributed by atoms with Crippen LogP contribution >= 0.6 is 0 Å². The Hall–Kier alpha value is -1.96. The van der Waals surface area contributed by atoms with Crippen molar-refractivity contribution in [2.45, 2.75) is 13.8 Å². The van der Waals surface area contributed by atoms with Crippen molar-refractivity contribution in [1.82, 2.24) is 0 Å². The van der Waals surface area contributed by atoms with Crippen LogP contribution in [0.1, 0.15) is 11.1 Å². The molecular weight excluding hydrogens is 222 g/mol. The lowest BCUT2D eigenvalue weighted by atomic mass is 9.96. The number of anilines is 1. The summed E-state index contributed by atoms with van der Waals surface area (Å²) >= 11 is 0. The number of hydrogen-bond acceptors (Lipinski definition) is 2. The Morgan fingerprint density at radius 1 is 1.11 bits per heavy atom. The van der Waals surface area contributed by atoms with Crippen molar-refractivity contribution < 1.29 is 4.74 Å². The van der Waals surface area contributed by atoms with Crippen LogP contribution in [0.4, 0.5) is 5.69 Å². The molecular formula is C16H17NO. The maximum atomic E-state index is 5.61. The van der Waals surface area contributed by atoms with Gasteiger partial charge < -0.3 is 10.1 Å². The normalized spacial score (nSPS) is 13.4. The molecule has 1 heterocycles. The van der Waals surface area contributed by atoms with E-state index in [0.29, 0.717) is 0 Å². The van der Waals surface area contributed by atoms with Gasteiger partial charge in [0.25, 0.3) is 0 Å². The van der Waals surface area contributed by atoms with Gasteiger partial charge in [-0.2, -0.15) is 0 Å². The van der Waals surface area contributed by atoms with Crippen molar-refractivity contribution in [3.8, 4) is 16.9 Å². The molecule has 1 N–H and O–H groups in total. The van der Waals surface area contributed by atoms with E-state index in [1.807, 2.05) is 0 Å². The second-order valence-corrected chi connectivity index (χ2v) is 4.73. The summed E-state index contributed by atoms with van der Waals surface area (Å²) in [7, 11) is 0. The first kappa shape index (κ1) is 11.1. The second-order valence-electron chi connectivity index (χ2n) is 4.73. The molecule has 18 heavy (non-hydrogen) atoms. The molecule has 0 amide bonds. The molecule has 0 bridgehead atoms. The van der Waals surface area contributed by atoms with Crippen LogP contribution < -0.4 is 10.1 Å². The minimum Gasteiger partial charge on any atom is -0.490 e. The molecule has 2 nitrogen and oxygen atoms in total. The van der Waals surface area contributed by atoms with Gasteiger partial charge in [0.2, 0.25) is 0 Å². The summed E-state index contributed by atoms with van der Waals surface area (Å²) in [6.45, 7) is 5.95. The molecule has 3 rings (SSSR count). The number of ether oxygens (including phenoxy) is 1. The van der Waals surface area contributed by atoms with Gasteiger partial charge in [-0.15, -0.1) is 0 Å². The highest BCUT2D eigenvalue weighted by Crippen LogP contribution is 2.34. The summed E-state index contributed by atoms with van der Waals surface area (Å²) in [6, 6.07) is 12.8. The highest BCUT2D eigenvalue weighted by atomic mass is 16.5. The smallest absolute Gasteiger partial charge is 0.142 e. The van der Waals surface area contributed by atoms with Crippen LogP contribution in [-0.2, 0) is 0 Å². The Labute approximate surface area is 108 Å². The first-order valence-electron chi connectivity index (χ1n) is 6.33. The van der Waals surface area contributed by atoms with Gasteiger partial charge in [-0.05, 0) is 48.2 Å². The fourth-order valence-electron chi connectivity index (χ4n) is 2.37. The predicted molar refractivity (Wildman–Crippen MR) is 75.3 cm³/mol. The predicted octanol–water partition coefficient (Wildman–Crippen LogP) is 3.77. The van der Waals surface area contributed by atoms with E-state index in [4.69, 9.17) is 4.74 Å². The molecule has 0 radical (unpaired) electrons. The first-order chi connectivity index (χ1) is 8.75. The van der Waals surface area contributed by atoms with Crippen LogP contribution in [0.3, 0.4) is 0 Å². The number of aryl methyl sites for hydroxylation is 1. The fourth-order valence-corrected chi connectivity index (χ4v) is 2.37. The average molecular weight is 239 g/mol. The summed E-state index contributed by atoms with van der Waals surface area (Å²) in [5.41, 5.74) is 6.31. The Morgan fingerprint density at radius 3 is 2.89 bits per heavy atom. The second kappa shape index (κ2) is 4.37. The highest BCUT2D eigenvalue weighted by Gasteiger charge is 2.11. The van der Waals surface area contributed by atoms with Crippen LogP contribution in [-0.4, -0.2) is 13.2 Å². The third-order valence-corrected chi connectivity index (χ3v) is 3.57.